The van der Waals surface area contributed by atoms with Crippen LogP contribution in [0.5, 0.6) is 0 Å². The predicted molar refractivity (Wildman–Crippen MR) is 93.9 cm³/mol. The summed E-state index contributed by atoms with van der Waals surface area (Å²) in [4.78, 5) is 16.0. The first-order chi connectivity index (χ1) is 9.66. The number of nitrogen functional groups attached to an aromatic ring is 1. The van der Waals surface area contributed by atoms with Crippen LogP contribution in [0.4, 0.5) is 5.69 Å². The number of hydrogen-bond donors (Lipinski definition) is 2. The number of nitrogens with two attached hydrogens (primary N) is 1. The lowest BCUT2D eigenvalue weighted by Gasteiger charge is -2.07. The van der Waals surface area contributed by atoms with Gasteiger partial charge in [-0.2, -0.15) is 0 Å². The predicted octanol–water partition coefficient (Wildman–Crippen LogP) is 2.83. The number of imidazole rings is 1. The van der Waals surface area contributed by atoms with Gasteiger partial charge in [-0.25, -0.2) is 4.98 Å². The maximum Gasteiger partial charge on any atom is 0.251 e. The van der Waals surface area contributed by atoms with Crippen LogP contribution < -0.4 is 11.1 Å². The van der Waals surface area contributed by atoms with Crippen LogP contribution in [-0.2, 0) is 6.54 Å². The molecule has 0 aliphatic carbocycles. The van der Waals surface area contributed by atoms with Crippen molar-refractivity contribution in [2.24, 2.45) is 0 Å². The number of aryl methyl sites for hydroxylation is 2. The molecule has 0 unspecified atom stereocenters. The molecular weight excluding hydrogens is 323 g/mol. The van der Waals surface area contributed by atoms with E-state index in [1.54, 1.807) is 30.5 Å². The van der Waals surface area contributed by atoms with Gasteiger partial charge >= 0.3 is 0 Å². The van der Waals surface area contributed by atoms with Crippen LogP contribution in [0.15, 0.2) is 36.7 Å². The van der Waals surface area contributed by atoms with Gasteiger partial charge in [-0.3, -0.25) is 4.79 Å². The second kappa shape index (κ2) is 10.1. The zero-order chi connectivity index (χ0) is 14.4. The molecule has 0 radical (unpaired) electrons. The van der Waals surface area contributed by atoms with E-state index in [2.05, 4.69) is 14.9 Å². The molecule has 0 aliphatic rings. The minimum absolute atomic E-state index is 0. The van der Waals surface area contributed by atoms with Gasteiger partial charge in [0.15, 0.2) is 0 Å². The number of nitrogens with zero attached hydrogens (tertiary/aromatic N) is 2. The second-order valence-electron chi connectivity index (χ2n) is 4.76. The normalized spacial score (nSPS) is 9.50. The molecule has 22 heavy (non-hydrogen) atoms. The topological polar surface area (TPSA) is 72.9 Å². The number of hydrogen-bond acceptors (Lipinski definition) is 3. The van der Waals surface area contributed by atoms with Gasteiger partial charge in [0.25, 0.3) is 5.91 Å². The van der Waals surface area contributed by atoms with Gasteiger partial charge in [0.2, 0.25) is 0 Å². The summed E-state index contributed by atoms with van der Waals surface area (Å²) in [6.45, 7) is 3.59. The summed E-state index contributed by atoms with van der Waals surface area (Å²) < 4.78 is 2.11. The number of nitrogens with one attached hydrogen (secondary N) is 1. The monoisotopic (exact) mass is 344 g/mol. The Labute approximate surface area is 143 Å². The van der Waals surface area contributed by atoms with E-state index in [4.69, 9.17) is 5.73 Å². The van der Waals surface area contributed by atoms with E-state index in [1.165, 1.54) is 0 Å². The molecule has 7 heteroatoms. The molecule has 0 fully saturated rings. The second-order valence-corrected chi connectivity index (χ2v) is 4.76. The van der Waals surface area contributed by atoms with Crippen LogP contribution >= 0.6 is 24.8 Å². The highest BCUT2D eigenvalue weighted by Gasteiger charge is 2.04. The minimum atomic E-state index is -0.0730. The lowest BCUT2D eigenvalue weighted by atomic mass is 10.2. The molecule has 0 saturated heterocycles. The van der Waals surface area contributed by atoms with Gasteiger partial charge in [0.1, 0.15) is 5.82 Å². The van der Waals surface area contributed by atoms with Crippen molar-refractivity contribution < 1.29 is 4.79 Å². The molecule has 0 atom stereocenters. The quantitative estimate of drug-likeness (QED) is 0.625. The summed E-state index contributed by atoms with van der Waals surface area (Å²) in [7, 11) is 0. The van der Waals surface area contributed by atoms with Crippen LogP contribution in [0, 0.1) is 6.92 Å². The third kappa shape index (κ3) is 5.95. The number of aromatic nitrogens is 2. The first-order valence-electron chi connectivity index (χ1n) is 6.78. The van der Waals surface area contributed by atoms with Crippen molar-refractivity contribution in [3.8, 4) is 0 Å². The highest BCUT2D eigenvalue weighted by Crippen LogP contribution is 2.06. The fraction of sp³-hybridized carbons (Fsp3) is 0.333. The number of carbonyl (C=O) groups excluding carboxylic acids is 1. The summed E-state index contributed by atoms with van der Waals surface area (Å²) in [6, 6.07) is 7.00. The minimum Gasteiger partial charge on any atom is -0.399 e. The molecule has 0 saturated carbocycles. The summed E-state index contributed by atoms with van der Waals surface area (Å²) in [5, 5.41) is 2.90. The molecule has 3 N–H and O–H groups in total. The number of halogens is 2. The number of rotatable bonds is 6. The van der Waals surface area contributed by atoms with E-state index < -0.39 is 0 Å². The number of unbranched alkanes of at least 4 members (excludes halogenated alkanes) is 1. The molecular formula is C15H22Cl2N4O. The van der Waals surface area contributed by atoms with Gasteiger partial charge < -0.3 is 15.6 Å². The van der Waals surface area contributed by atoms with Crippen molar-refractivity contribution in [2.75, 3.05) is 12.3 Å². The number of benzene rings is 1. The smallest absolute Gasteiger partial charge is 0.251 e. The van der Waals surface area contributed by atoms with E-state index in [9.17, 15) is 4.79 Å². The molecule has 5 nitrogen and oxygen atoms in total. The highest BCUT2D eigenvalue weighted by atomic mass is 35.5. The zero-order valence-electron chi connectivity index (χ0n) is 12.5. The van der Waals surface area contributed by atoms with Crippen molar-refractivity contribution in [1.29, 1.82) is 0 Å². The Hall–Kier alpha value is -1.72. The SMILES string of the molecule is Cc1nccn1CCCCNC(=O)c1cccc(N)c1.Cl.Cl. The van der Waals surface area contributed by atoms with Crippen LogP contribution in [0.25, 0.3) is 0 Å². The third-order valence-electron chi connectivity index (χ3n) is 3.18. The lowest BCUT2D eigenvalue weighted by molar-refractivity contribution is 0.0953. The molecule has 1 heterocycles. The van der Waals surface area contributed by atoms with Gasteiger partial charge in [-0.05, 0) is 38.0 Å². The largest absolute Gasteiger partial charge is 0.399 e. The Kier molecular flexibility index (Phi) is 9.29. The Bertz CT molecular complexity index is 586. The van der Waals surface area contributed by atoms with E-state index in [0.717, 1.165) is 25.2 Å². The van der Waals surface area contributed by atoms with E-state index in [1.807, 2.05) is 13.1 Å². The molecule has 1 aromatic heterocycles. The molecule has 0 bridgehead atoms. The van der Waals surface area contributed by atoms with Crippen LogP contribution in [0.2, 0.25) is 0 Å². The average Bonchev–Trinajstić information content (AvgIpc) is 2.84. The van der Waals surface area contributed by atoms with E-state index >= 15 is 0 Å². The van der Waals surface area contributed by atoms with Crippen LogP contribution in [0.1, 0.15) is 29.0 Å². The Morgan fingerprint density at radius 1 is 1.32 bits per heavy atom. The molecule has 1 amide bonds. The van der Waals surface area contributed by atoms with Crippen molar-refractivity contribution in [2.45, 2.75) is 26.3 Å². The Morgan fingerprint density at radius 2 is 2.09 bits per heavy atom. The van der Waals surface area contributed by atoms with Gasteiger partial charge in [0, 0.05) is 36.7 Å². The lowest BCUT2D eigenvalue weighted by Crippen LogP contribution is -2.24. The number of carbonyl (C=O) groups is 1. The average molecular weight is 345 g/mol. The third-order valence-corrected chi connectivity index (χ3v) is 3.18. The summed E-state index contributed by atoms with van der Waals surface area (Å²) in [5.74, 6) is 0.949. The molecule has 2 rings (SSSR count). The number of anilines is 1. The standard InChI is InChI=1S/C15H20N4O.2ClH/c1-12-17-8-10-19(12)9-3-2-7-18-15(20)13-5-4-6-14(16)11-13;;/h4-6,8,10-11H,2-3,7,9,16H2,1H3,(H,18,20);2*1H. The molecule has 2 aromatic rings. The maximum atomic E-state index is 11.9. The summed E-state index contributed by atoms with van der Waals surface area (Å²) in [5.41, 5.74) is 6.86. The van der Waals surface area contributed by atoms with Crippen molar-refractivity contribution in [3.05, 3.63) is 48.0 Å². The highest BCUT2D eigenvalue weighted by molar-refractivity contribution is 5.94. The molecule has 1 aromatic carbocycles. The molecule has 0 aliphatic heterocycles. The zero-order valence-corrected chi connectivity index (χ0v) is 14.1. The van der Waals surface area contributed by atoms with E-state index in [-0.39, 0.29) is 30.7 Å². The van der Waals surface area contributed by atoms with Crippen molar-refractivity contribution >= 4 is 36.4 Å². The van der Waals surface area contributed by atoms with Gasteiger partial charge in [-0.15, -0.1) is 24.8 Å². The fourth-order valence-corrected chi connectivity index (χ4v) is 2.03. The van der Waals surface area contributed by atoms with Gasteiger partial charge in [-0.1, -0.05) is 6.07 Å². The van der Waals surface area contributed by atoms with Crippen molar-refractivity contribution in [1.82, 2.24) is 14.9 Å². The van der Waals surface area contributed by atoms with Crippen LogP contribution in [0.3, 0.4) is 0 Å². The summed E-state index contributed by atoms with van der Waals surface area (Å²) >= 11 is 0. The Morgan fingerprint density at radius 3 is 2.73 bits per heavy atom. The van der Waals surface area contributed by atoms with Crippen molar-refractivity contribution in [3.63, 3.8) is 0 Å². The van der Waals surface area contributed by atoms with Crippen LogP contribution in [-0.4, -0.2) is 22.0 Å². The first kappa shape index (κ1) is 20.3. The maximum absolute atomic E-state index is 11.9. The first-order valence-corrected chi connectivity index (χ1v) is 6.78. The van der Waals surface area contributed by atoms with Gasteiger partial charge in [0.05, 0.1) is 0 Å². The number of amides is 1. The fourth-order valence-electron chi connectivity index (χ4n) is 2.03. The molecule has 0 spiro atoms. The Balaban J connectivity index is 0.00000220. The van der Waals surface area contributed by atoms with E-state index in [0.29, 0.717) is 17.8 Å². The molecule has 122 valence electrons. The summed E-state index contributed by atoms with van der Waals surface area (Å²) in [6.07, 6.45) is 5.72.